The minimum Gasteiger partial charge on any atom is -0.479 e. The molecule has 8 heteroatoms. The highest BCUT2D eigenvalue weighted by atomic mass is 16.5. The highest BCUT2D eigenvalue weighted by molar-refractivity contribution is 6.39. The van der Waals surface area contributed by atoms with E-state index in [0.29, 0.717) is 17.7 Å². The average molecular weight is 408 g/mol. The zero-order valence-electron chi connectivity index (χ0n) is 16.4. The van der Waals surface area contributed by atoms with Crippen LogP contribution >= 0.6 is 0 Å². The quantitative estimate of drug-likeness (QED) is 0.561. The Balaban J connectivity index is 2.03. The van der Waals surface area contributed by atoms with Crippen molar-refractivity contribution >= 4 is 35.6 Å². The van der Waals surface area contributed by atoms with Crippen LogP contribution in [0.5, 0.6) is 5.75 Å². The molecule has 2 aromatic rings. The molecule has 4 amide bonds. The number of anilines is 1. The molecule has 3 rings (SSSR count). The van der Waals surface area contributed by atoms with E-state index in [-0.39, 0.29) is 11.3 Å². The first kappa shape index (κ1) is 20.8. The minimum atomic E-state index is -1.16. The highest BCUT2D eigenvalue weighted by Crippen LogP contribution is 2.28. The van der Waals surface area contributed by atoms with E-state index in [4.69, 9.17) is 9.84 Å². The molecule has 1 saturated heterocycles. The number of aliphatic carboxylic acids is 1. The molecule has 154 valence electrons. The predicted octanol–water partition coefficient (Wildman–Crippen LogP) is 2.77. The van der Waals surface area contributed by atoms with E-state index >= 15 is 0 Å². The third kappa shape index (κ3) is 4.07. The van der Waals surface area contributed by atoms with Crippen LogP contribution < -0.4 is 15.0 Å². The van der Waals surface area contributed by atoms with E-state index in [9.17, 15) is 19.2 Å². The third-order valence-electron chi connectivity index (χ3n) is 4.59. The molecule has 0 aromatic heterocycles. The van der Waals surface area contributed by atoms with Crippen molar-refractivity contribution in [1.29, 1.82) is 0 Å². The van der Waals surface area contributed by atoms with Crippen molar-refractivity contribution in [3.8, 4) is 5.75 Å². The number of carboxylic acids is 1. The summed E-state index contributed by atoms with van der Waals surface area (Å²) in [7, 11) is 0. The lowest BCUT2D eigenvalue weighted by molar-refractivity contribution is -0.144. The molecule has 0 saturated carbocycles. The van der Waals surface area contributed by atoms with Gasteiger partial charge in [-0.3, -0.25) is 14.9 Å². The van der Waals surface area contributed by atoms with Crippen LogP contribution in [0.1, 0.15) is 25.0 Å². The number of carboxylic acid groups (broad SMARTS) is 1. The molecule has 1 fully saturated rings. The standard InChI is InChI=1S/C22H20N2O6/c1-3-14-8-4-6-10-17(14)24-20(26)16(19(25)23-22(24)29)12-15-9-5-7-11-18(15)30-13(2)21(27)28/h4-13H,3H2,1-2H3,(H,27,28)(H,23,25,29)/b16-12+/t13-/m1/s1. The molecule has 2 aromatic carbocycles. The number of ether oxygens (including phenoxy) is 1. The topological polar surface area (TPSA) is 113 Å². The van der Waals surface area contributed by atoms with Gasteiger partial charge in [-0.1, -0.05) is 43.3 Å². The Morgan fingerprint density at radius 3 is 2.50 bits per heavy atom. The SMILES string of the molecule is CCc1ccccc1N1C(=O)NC(=O)/C(=C\c2ccccc2O[C@H](C)C(=O)O)C1=O. The number of carbonyl (C=O) groups is 4. The van der Waals surface area contributed by atoms with Crippen molar-refractivity contribution < 1.29 is 29.0 Å². The average Bonchev–Trinajstić information content (AvgIpc) is 2.72. The summed E-state index contributed by atoms with van der Waals surface area (Å²) in [5, 5.41) is 11.3. The Bertz CT molecular complexity index is 1060. The maximum atomic E-state index is 13.1. The second-order valence-corrected chi connectivity index (χ2v) is 6.58. The molecular formula is C22H20N2O6. The van der Waals surface area contributed by atoms with Crippen molar-refractivity contribution in [3.63, 3.8) is 0 Å². The van der Waals surface area contributed by atoms with Crippen LogP contribution in [-0.4, -0.2) is 35.0 Å². The number of hydrogen-bond acceptors (Lipinski definition) is 5. The second-order valence-electron chi connectivity index (χ2n) is 6.58. The number of urea groups is 1. The van der Waals surface area contributed by atoms with Gasteiger partial charge in [-0.25, -0.2) is 14.5 Å². The van der Waals surface area contributed by atoms with E-state index in [1.807, 2.05) is 6.92 Å². The van der Waals surface area contributed by atoms with Gasteiger partial charge in [0.25, 0.3) is 11.8 Å². The molecule has 2 N–H and O–H groups in total. The molecule has 0 aliphatic carbocycles. The van der Waals surface area contributed by atoms with Crippen molar-refractivity contribution in [1.82, 2.24) is 5.32 Å². The zero-order valence-corrected chi connectivity index (χ0v) is 16.4. The Labute approximate surface area is 172 Å². The van der Waals surface area contributed by atoms with E-state index in [1.54, 1.807) is 42.5 Å². The van der Waals surface area contributed by atoms with Crippen molar-refractivity contribution in [2.45, 2.75) is 26.4 Å². The van der Waals surface area contributed by atoms with Crippen LogP contribution in [-0.2, 0) is 20.8 Å². The Hall–Kier alpha value is -3.94. The number of nitrogens with one attached hydrogen (secondary N) is 1. The summed E-state index contributed by atoms with van der Waals surface area (Å²) < 4.78 is 5.42. The lowest BCUT2D eigenvalue weighted by Crippen LogP contribution is -2.54. The Morgan fingerprint density at radius 2 is 1.80 bits per heavy atom. The number of para-hydroxylation sites is 2. The van der Waals surface area contributed by atoms with Crippen molar-refractivity contribution in [3.05, 3.63) is 65.2 Å². The van der Waals surface area contributed by atoms with Crippen LogP contribution in [0.25, 0.3) is 6.08 Å². The molecule has 1 atom stereocenters. The first-order chi connectivity index (χ1) is 14.3. The van der Waals surface area contributed by atoms with E-state index < -0.39 is 29.9 Å². The third-order valence-corrected chi connectivity index (χ3v) is 4.59. The second kappa shape index (κ2) is 8.60. The molecule has 1 aliphatic heterocycles. The summed E-state index contributed by atoms with van der Waals surface area (Å²) in [6.45, 7) is 3.26. The fourth-order valence-electron chi connectivity index (χ4n) is 3.01. The molecule has 1 heterocycles. The fraction of sp³-hybridized carbons (Fsp3) is 0.182. The molecule has 0 bridgehead atoms. The predicted molar refractivity (Wildman–Crippen MR) is 109 cm³/mol. The summed E-state index contributed by atoms with van der Waals surface area (Å²) in [5.74, 6) is -2.57. The van der Waals surface area contributed by atoms with Gasteiger partial charge >= 0.3 is 12.0 Å². The molecule has 1 aliphatic rings. The van der Waals surface area contributed by atoms with E-state index in [2.05, 4.69) is 5.32 Å². The lowest BCUT2D eigenvalue weighted by Gasteiger charge is -2.28. The number of rotatable bonds is 6. The lowest BCUT2D eigenvalue weighted by atomic mass is 10.0. The smallest absolute Gasteiger partial charge is 0.344 e. The van der Waals surface area contributed by atoms with Gasteiger partial charge in [0.1, 0.15) is 11.3 Å². The largest absolute Gasteiger partial charge is 0.479 e. The normalized spacial score (nSPS) is 16.4. The van der Waals surface area contributed by atoms with Gasteiger partial charge in [0, 0.05) is 5.56 Å². The van der Waals surface area contributed by atoms with Crippen molar-refractivity contribution in [2.24, 2.45) is 0 Å². The van der Waals surface area contributed by atoms with Crippen LogP contribution in [0, 0.1) is 0 Å². The first-order valence-corrected chi connectivity index (χ1v) is 9.31. The summed E-state index contributed by atoms with van der Waals surface area (Å²) in [6, 6.07) is 12.5. The summed E-state index contributed by atoms with van der Waals surface area (Å²) in [6.07, 6.45) is 0.745. The summed E-state index contributed by atoms with van der Waals surface area (Å²) in [4.78, 5) is 50.0. The highest BCUT2D eigenvalue weighted by Gasteiger charge is 2.37. The number of hydrogen-bond donors (Lipinski definition) is 2. The molecule has 0 spiro atoms. The first-order valence-electron chi connectivity index (χ1n) is 9.31. The molecule has 30 heavy (non-hydrogen) atoms. The van der Waals surface area contributed by atoms with Gasteiger partial charge in [0.2, 0.25) is 0 Å². The molecule has 0 unspecified atom stereocenters. The van der Waals surface area contributed by atoms with Crippen LogP contribution in [0.3, 0.4) is 0 Å². The maximum Gasteiger partial charge on any atom is 0.344 e. The minimum absolute atomic E-state index is 0.193. The van der Waals surface area contributed by atoms with Gasteiger partial charge < -0.3 is 9.84 Å². The van der Waals surface area contributed by atoms with Crippen molar-refractivity contribution in [2.75, 3.05) is 4.90 Å². The fourth-order valence-corrected chi connectivity index (χ4v) is 3.01. The number of aryl methyl sites for hydroxylation is 1. The van der Waals surface area contributed by atoms with Gasteiger partial charge in [-0.15, -0.1) is 0 Å². The van der Waals surface area contributed by atoms with Gasteiger partial charge in [-0.05, 0) is 37.1 Å². The summed E-state index contributed by atoms with van der Waals surface area (Å²) in [5.41, 5.74) is 1.24. The van der Waals surface area contributed by atoms with Crippen LogP contribution in [0.2, 0.25) is 0 Å². The number of carbonyl (C=O) groups excluding carboxylic acids is 3. The monoisotopic (exact) mass is 408 g/mol. The maximum absolute atomic E-state index is 13.1. The number of imide groups is 2. The molecular weight excluding hydrogens is 388 g/mol. The van der Waals surface area contributed by atoms with Crippen LogP contribution in [0.4, 0.5) is 10.5 Å². The number of amides is 4. The van der Waals surface area contributed by atoms with E-state index in [1.165, 1.54) is 19.1 Å². The zero-order chi connectivity index (χ0) is 21.8. The van der Waals surface area contributed by atoms with Gasteiger partial charge in [-0.2, -0.15) is 0 Å². The Kier molecular flexibility index (Phi) is 5.96. The summed E-state index contributed by atoms with van der Waals surface area (Å²) >= 11 is 0. The Morgan fingerprint density at radius 1 is 1.13 bits per heavy atom. The number of barbiturate groups is 1. The van der Waals surface area contributed by atoms with Gasteiger partial charge in [0.15, 0.2) is 6.10 Å². The van der Waals surface area contributed by atoms with E-state index in [0.717, 1.165) is 10.5 Å². The van der Waals surface area contributed by atoms with Crippen LogP contribution in [0.15, 0.2) is 54.1 Å². The molecule has 0 radical (unpaired) electrons. The molecule has 8 nitrogen and oxygen atoms in total. The number of nitrogens with zero attached hydrogens (tertiary/aromatic N) is 1. The number of benzene rings is 2. The van der Waals surface area contributed by atoms with Gasteiger partial charge in [0.05, 0.1) is 5.69 Å².